The molecule has 3 N–H and O–H groups in total. The maximum absolute atomic E-state index is 10.7. The molecule has 0 fully saturated rings. The van der Waals surface area contributed by atoms with Crippen molar-refractivity contribution >= 4 is 11.6 Å². The van der Waals surface area contributed by atoms with Gasteiger partial charge >= 0.3 is 0 Å². The molecule has 1 unspecified atom stereocenters. The minimum atomic E-state index is -1.05. The van der Waals surface area contributed by atoms with Gasteiger partial charge in [-0.3, -0.25) is 4.68 Å². The van der Waals surface area contributed by atoms with E-state index in [4.69, 9.17) is 0 Å². The lowest BCUT2D eigenvalue weighted by Crippen LogP contribution is -2.44. The van der Waals surface area contributed by atoms with E-state index >= 15 is 0 Å². The molecule has 0 bridgehead atoms. The van der Waals surface area contributed by atoms with Crippen molar-refractivity contribution in [3.63, 3.8) is 0 Å². The van der Waals surface area contributed by atoms with Crippen LogP contribution in [0.2, 0.25) is 0 Å². The van der Waals surface area contributed by atoms with Crippen molar-refractivity contribution in [3.05, 3.63) is 53.7 Å². The number of nitrogens with zero attached hydrogens (tertiary/aromatic N) is 5. The van der Waals surface area contributed by atoms with Crippen molar-refractivity contribution in [2.45, 2.75) is 32.9 Å². The molecule has 144 valence electrons. The lowest BCUT2D eigenvalue weighted by molar-refractivity contribution is 0.0616. The largest absolute Gasteiger partial charge is 0.383 e. The second-order valence-corrected chi connectivity index (χ2v) is 6.85. The zero-order chi connectivity index (χ0) is 19.4. The van der Waals surface area contributed by atoms with Crippen LogP contribution < -0.4 is 10.6 Å². The Hall–Kier alpha value is -2.87. The quantitative estimate of drug-likeness (QED) is 0.450. The van der Waals surface area contributed by atoms with E-state index in [1.807, 2.05) is 51.5 Å². The standard InChI is InChI=1S/C19H27N7O/c1-5-20-18(22-13-19(3,27)15-9-23-25(4)11-15)21-10-16-12-26-14(2)7-6-8-17(26)24-16/h6-9,11-12,27H,5,10,13H2,1-4H3,(H2,20,21,22). The number of aryl methyl sites for hydroxylation is 2. The van der Waals surface area contributed by atoms with Gasteiger partial charge in [-0.05, 0) is 32.9 Å². The minimum absolute atomic E-state index is 0.314. The molecule has 3 heterocycles. The number of rotatable bonds is 6. The number of fused-ring (bicyclic) bond motifs is 1. The summed E-state index contributed by atoms with van der Waals surface area (Å²) in [6, 6.07) is 6.03. The zero-order valence-corrected chi connectivity index (χ0v) is 16.3. The van der Waals surface area contributed by atoms with Crippen LogP contribution in [0.25, 0.3) is 5.65 Å². The van der Waals surface area contributed by atoms with E-state index in [2.05, 4.69) is 30.1 Å². The summed E-state index contributed by atoms with van der Waals surface area (Å²) in [5, 5.41) is 21.2. The summed E-state index contributed by atoms with van der Waals surface area (Å²) in [5.74, 6) is 0.635. The number of hydrogen-bond acceptors (Lipinski definition) is 4. The Balaban J connectivity index is 1.69. The van der Waals surface area contributed by atoms with E-state index in [0.717, 1.165) is 29.1 Å². The van der Waals surface area contributed by atoms with E-state index in [0.29, 0.717) is 19.0 Å². The maximum atomic E-state index is 10.7. The fourth-order valence-corrected chi connectivity index (χ4v) is 2.83. The highest BCUT2D eigenvalue weighted by molar-refractivity contribution is 5.79. The lowest BCUT2D eigenvalue weighted by atomic mass is 10.00. The Bertz CT molecular complexity index is 939. The van der Waals surface area contributed by atoms with E-state index in [-0.39, 0.29) is 0 Å². The molecule has 1 atom stereocenters. The molecule has 0 amide bonds. The van der Waals surface area contributed by atoms with Crippen molar-refractivity contribution in [2.24, 2.45) is 12.0 Å². The van der Waals surface area contributed by atoms with Crippen LogP contribution in [0.5, 0.6) is 0 Å². The van der Waals surface area contributed by atoms with Gasteiger partial charge < -0.3 is 20.1 Å². The van der Waals surface area contributed by atoms with Gasteiger partial charge in [0.2, 0.25) is 0 Å². The monoisotopic (exact) mass is 369 g/mol. The Kier molecular flexibility index (Phi) is 5.46. The van der Waals surface area contributed by atoms with Gasteiger partial charge in [0.15, 0.2) is 5.96 Å². The van der Waals surface area contributed by atoms with Gasteiger partial charge in [0.05, 0.1) is 25.0 Å². The van der Waals surface area contributed by atoms with Crippen LogP contribution in [0.1, 0.15) is 30.8 Å². The third-order valence-electron chi connectivity index (χ3n) is 4.42. The number of aromatic nitrogens is 4. The van der Waals surface area contributed by atoms with Crippen LogP contribution in [0.3, 0.4) is 0 Å². The Labute approximate surface area is 159 Å². The molecular weight excluding hydrogens is 342 g/mol. The predicted octanol–water partition coefficient (Wildman–Crippen LogP) is 1.34. The molecule has 3 aromatic heterocycles. The SMILES string of the molecule is CCNC(=NCc1cn2c(C)cccc2n1)NCC(C)(O)c1cnn(C)c1. The van der Waals surface area contributed by atoms with Crippen LogP contribution >= 0.6 is 0 Å². The molecule has 0 saturated carbocycles. The Morgan fingerprint density at radius 2 is 2.11 bits per heavy atom. The summed E-state index contributed by atoms with van der Waals surface area (Å²) in [6.45, 7) is 7.30. The van der Waals surface area contributed by atoms with Crippen LogP contribution in [0.15, 0.2) is 41.8 Å². The van der Waals surface area contributed by atoms with Gasteiger partial charge in [-0.1, -0.05) is 6.07 Å². The molecule has 0 spiro atoms. The molecular formula is C19H27N7O. The number of guanidine groups is 1. The second kappa shape index (κ2) is 7.79. The average Bonchev–Trinajstić information content (AvgIpc) is 3.25. The van der Waals surface area contributed by atoms with E-state index in [1.54, 1.807) is 17.8 Å². The van der Waals surface area contributed by atoms with Crippen LogP contribution in [-0.4, -0.2) is 43.3 Å². The fourth-order valence-electron chi connectivity index (χ4n) is 2.83. The molecule has 27 heavy (non-hydrogen) atoms. The second-order valence-electron chi connectivity index (χ2n) is 6.85. The van der Waals surface area contributed by atoms with Crippen molar-refractivity contribution in [1.29, 1.82) is 0 Å². The van der Waals surface area contributed by atoms with Gasteiger partial charge in [-0.15, -0.1) is 0 Å². The first-order valence-electron chi connectivity index (χ1n) is 9.06. The number of aliphatic imine (C=N–C) groups is 1. The van der Waals surface area contributed by atoms with Gasteiger partial charge in [0, 0.05) is 37.2 Å². The third kappa shape index (κ3) is 4.46. The molecule has 0 aromatic carbocycles. The molecule has 8 nitrogen and oxygen atoms in total. The van der Waals surface area contributed by atoms with Crippen LogP contribution in [0.4, 0.5) is 0 Å². The number of aliphatic hydroxyl groups is 1. The van der Waals surface area contributed by atoms with Crippen LogP contribution in [-0.2, 0) is 19.2 Å². The topological polar surface area (TPSA) is 91.8 Å². The van der Waals surface area contributed by atoms with Crippen molar-refractivity contribution < 1.29 is 5.11 Å². The number of nitrogens with one attached hydrogen (secondary N) is 2. The first-order chi connectivity index (χ1) is 12.9. The fraction of sp³-hybridized carbons (Fsp3) is 0.421. The summed E-state index contributed by atoms with van der Waals surface area (Å²) >= 11 is 0. The molecule has 0 radical (unpaired) electrons. The Morgan fingerprint density at radius 3 is 2.78 bits per heavy atom. The van der Waals surface area contributed by atoms with Gasteiger partial charge in [-0.25, -0.2) is 9.98 Å². The number of pyridine rings is 1. The van der Waals surface area contributed by atoms with Gasteiger partial charge in [0.25, 0.3) is 0 Å². The molecule has 0 aliphatic carbocycles. The molecule has 3 rings (SSSR count). The highest BCUT2D eigenvalue weighted by Crippen LogP contribution is 2.18. The van der Waals surface area contributed by atoms with Crippen molar-refractivity contribution in [2.75, 3.05) is 13.1 Å². The summed E-state index contributed by atoms with van der Waals surface area (Å²) < 4.78 is 3.73. The van der Waals surface area contributed by atoms with E-state index in [9.17, 15) is 5.11 Å². The Morgan fingerprint density at radius 1 is 1.30 bits per heavy atom. The average molecular weight is 369 g/mol. The van der Waals surface area contributed by atoms with E-state index in [1.165, 1.54) is 0 Å². The molecule has 0 saturated heterocycles. The molecule has 8 heteroatoms. The summed E-state index contributed by atoms with van der Waals surface area (Å²) in [6.07, 6.45) is 5.49. The number of hydrogen-bond donors (Lipinski definition) is 3. The van der Waals surface area contributed by atoms with Crippen LogP contribution in [0, 0.1) is 6.92 Å². The third-order valence-corrected chi connectivity index (χ3v) is 4.42. The van der Waals surface area contributed by atoms with Gasteiger partial charge in [-0.2, -0.15) is 5.10 Å². The molecule has 3 aromatic rings. The van der Waals surface area contributed by atoms with Gasteiger partial charge in [0.1, 0.15) is 11.2 Å². The summed E-state index contributed by atoms with van der Waals surface area (Å²) in [5.41, 5.74) is 2.64. The summed E-state index contributed by atoms with van der Waals surface area (Å²) in [7, 11) is 1.83. The molecule has 0 aliphatic heterocycles. The van der Waals surface area contributed by atoms with E-state index < -0.39 is 5.60 Å². The smallest absolute Gasteiger partial charge is 0.191 e. The normalized spacial score (nSPS) is 14.3. The number of imidazole rings is 1. The predicted molar refractivity (Wildman–Crippen MR) is 106 cm³/mol. The summed E-state index contributed by atoms with van der Waals surface area (Å²) in [4.78, 5) is 9.20. The minimum Gasteiger partial charge on any atom is -0.383 e. The maximum Gasteiger partial charge on any atom is 0.191 e. The highest BCUT2D eigenvalue weighted by Gasteiger charge is 2.25. The molecule has 0 aliphatic rings. The van der Waals surface area contributed by atoms with Crippen molar-refractivity contribution in [3.8, 4) is 0 Å². The first-order valence-corrected chi connectivity index (χ1v) is 9.06. The zero-order valence-electron chi connectivity index (χ0n) is 16.3. The first kappa shape index (κ1) is 18.9. The lowest BCUT2D eigenvalue weighted by Gasteiger charge is -2.23. The highest BCUT2D eigenvalue weighted by atomic mass is 16.3. The van der Waals surface area contributed by atoms with Crippen molar-refractivity contribution in [1.82, 2.24) is 29.8 Å².